The van der Waals surface area contributed by atoms with Crippen molar-refractivity contribution in [2.24, 2.45) is 21.4 Å². The number of carbonyl (C=O) groups excluding carboxylic acids is 2. The molecule has 28 heavy (non-hydrogen) atoms. The highest BCUT2D eigenvalue weighted by Crippen LogP contribution is 2.22. The number of nitrogens with zero attached hydrogens (tertiary/aromatic N) is 3. The van der Waals surface area contributed by atoms with Crippen LogP contribution in [0.1, 0.15) is 65.2 Å². The van der Waals surface area contributed by atoms with E-state index in [1.807, 2.05) is 0 Å². The monoisotopic (exact) mass is 398 g/mol. The Bertz CT molecular complexity index is 542. The van der Waals surface area contributed by atoms with Gasteiger partial charge in [0.15, 0.2) is 12.1 Å². The summed E-state index contributed by atoms with van der Waals surface area (Å²) in [4.78, 5) is 56.0. The number of nitrogens with one attached hydrogen (secondary N) is 1. The smallest absolute Gasteiger partial charge is 0.317 e. The normalized spacial score (nSPS) is 24.5. The van der Waals surface area contributed by atoms with E-state index in [0.29, 0.717) is 6.42 Å². The van der Waals surface area contributed by atoms with Crippen LogP contribution in [0.3, 0.4) is 0 Å². The Morgan fingerprint density at radius 3 is 2.14 bits per heavy atom. The molecule has 0 aromatic heterocycles. The second-order valence-corrected chi connectivity index (χ2v) is 7.60. The molecule has 1 fully saturated rings. The summed E-state index contributed by atoms with van der Waals surface area (Å²) >= 11 is 0. The molecule has 0 aliphatic carbocycles. The van der Waals surface area contributed by atoms with Crippen LogP contribution < -0.4 is 5.32 Å². The molecule has 0 aromatic carbocycles. The van der Waals surface area contributed by atoms with Gasteiger partial charge in [-0.05, 0) is 12.3 Å². The average Bonchev–Trinajstić information content (AvgIpc) is 2.68. The molecule has 4 atom stereocenters. The first-order valence-corrected chi connectivity index (χ1v) is 9.87. The summed E-state index contributed by atoms with van der Waals surface area (Å²) in [6, 6.07) is -3.65. The zero-order chi connectivity index (χ0) is 20.9. The summed E-state index contributed by atoms with van der Waals surface area (Å²) in [5, 5.41) is 10.3. The molecule has 158 valence electrons. The molecular formula is C18H30N4O6. The van der Waals surface area contributed by atoms with Crippen molar-refractivity contribution >= 4 is 11.8 Å². The maximum Gasteiger partial charge on any atom is 0.317 e. The molecule has 1 rings (SSSR count). The van der Waals surface area contributed by atoms with Crippen LogP contribution in [0.4, 0.5) is 0 Å². The van der Waals surface area contributed by atoms with Gasteiger partial charge in [-0.25, -0.2) is 0 Å². The Morgan fingerprint density at radius 2 is 1.57 bits per heavy atom. The second-order valence-electron chi connectivity index (χ2n) is 7.60. The van der Waals surface area contributed by atoms with Crippen molar-refractivity contribution in [3.63, 3.8) is 0 Å². The van der Waals surface area contributed by atoms with Gasteiger partial charge in [-0.2, -0.15) is 9.81 Å². The van der Waals surface area contributed by atoms with E-state index >= 15 is 0 Å². The summed E-state index contributed by atoms with van der Waals surface area (Å²) in [7, 11) is 0. The third kappa shape index (κ3) is 7.87. The molecule has 1 saturated heterocycles. The number of carbonyl (C=O) groups is 2. The zero-order valence-electron chi connectivity index (χ0n) is 16.5. The van der Waals surface area contributed by atoms with Crippen molar-refractivity contribution in [1.82, 2.24) is 5.32 Å². The first kappa shape index (κ1) is 23.9. The molecule has 0 aromatic rings. The standard InChI is InChI=1S/C18H30N4O6/c1-12(2)9-7-5-3-4-6-8-10-14(23)19-13-11-28-17(18(24)22-27)16(21-26)15(13)20-25/h12-13,15-17H,3-11H2,1-2H3,(H,19,23). The minimum absolute atomic E-state index is 0.226. The van der Waals surface area contributed by atoms with Crippen LogP contribution in [-0.4, -0.2) is 42.7 Å². The van der Waals surface area contributed by atoms with Crippen molar-refractivity contribution in [1.29, 1.82) is 0 Å². The van der Waals surface area contributed by atoms with E-state index in [-0.39, 0.29) is 18.9 Å². The van der Waals surface area contributed by atoms with Gasteiger partial charge < -0.3 is 10.1 Å². The highest BCUT2D eigenvalue weighted by atomic mass is 16.5. The van der Waals surface area contributed by atoms with E-state index in [2.05, 4.69) is 34.7 Å². The van der Waals surface area contributed by atoms with Gasteiger partial charge in [0.25, 0.3) is 0 Å². The average molecular weight is 398 g/mol. The molecule has 2 amide bonds. The molecule has 0 saturated carbocycles. The lowest BCUT2D eigenvalue weighted by atomic mass is 9.93. The predicted octanol–water partition coefficient (Wildman–Crippen LogP) is 3.21. The number of nitroso groups, excluding NO2 is 3. The van der Waals surface area contributed by atoms with Gasteiger partial charge in [-0.3, -0.25) is 9.59 Å². The van der Waals surface area contributed by atoms with Gasteiger partial charge in [-0.1, -0.05) is 62.7 Å². The van der Waals surface area contributed by atoms with Crippen LogP contribution in [-0.2, 0) is 14.3 Å². The Labute approximate surface area is 164 Å². The summed E-state index contributed by atoms with van der Waals surface area (Å²) in [5.74, 6) is -0.782. The van der Waals surface area contributed by atoms with E-state index < -0.39 is 30.1 Å². The van der Waals surface area contributed by atoms with Gasteiger partial charge in [0, 0.05) is 11.6 Å². The number of amides is 2. The van der Waals surface area contributed by atoms with Gasteiger partial charge in [0.2, 0.25) is 5.91 Å². The number of rotatable bonds is 13. The number of hydrogen-bond acceptors (Lipinski definition) is 8. The van der Waals surface area contributed by atoms with Gasteiger partial charge in [0.1, 0.15) is 6.04 Å². The van der Waals surface area contributed by atoms with E-state index in [0.717, 1.165) is 25.2 Å². The van der Waals surface area contributed by atoms with Crippen LogP contribution in [0.5, 0.6) is 0 Å². The molecule has 0 bridgehead atoms. The number of unbranched alkanes of at least 4 members (excludes halogenated alkanes) is 5. The van der Waals surface area contributed by atoms with Crippen molar-refractivity contribution in [3.05, 3.63) is 14.7 Å². The second kappa shape index (κ2) is 13.1. The van der Waals surface area contributed by atoms with E-state index in [1.54, 1.807) is 0 Å². The maximum absolute atomic E-state index is 12.1. The summed E-state index contributed by atoms with van der Waals surface area (Å²) in [5.41, 5.74) is 0. The van der Waals surface area contributed by atoms with Gasteiger partial charge in [0.05, 0.1) is 12.6 Å². The van der Waals surface area contributed by atoms with Gasteiger partial charge in [-0.15, -0.1) is 4.91 Å². The first-order chi connectivity index (χ1) is 13.4. The zero-order valence-corrected chi connectivity index (χ0v) is 16.5. The van der Waals surface area contributed by atoms with Crippen LogP contribution in [0.2, 0.25) is 0 Å². The molecule has 10 nitrogen and oxygen atoms in total. The highest BCUT2D eigenvalue weighted by Gasteiger charge is 2.47. The third-order valence-corrected chi connectivity index (χ3v) is 4.89. The Morgan fingerprint density at radius 1 is 0.964 bits per heavy atom. The molecule has 1 aliphatic rings. The van der Waals surface area contributed by atoms with Crippen molar-refractivity contribution in [3.8, 4) is 0 Å². The molecule has 1 N–H and O–H groups in total. The summed E-state index contributed by atoms with van der Waals surface area (Å²) in [6.45, 7) is 4.20. The summed E-state index contributed by atoms with van der Waals surface area (Å²) < 4.78 is 5.13. The minimum atomic E-state index is -1.54. The molecule has 1 aliphatic heterocycles. The van der Waals surface area contributed by atoms with Crippen LogP contribution in [0.25, 0.3) is 0 Å². The van der Waals surface area contributed by atoms with Crippen molar-refractivity contribution in [2.75, 3.05) is 6.61 Å². The molecule has 10 heteroatoms. The van der Waals surface area contributed by atoms with Crippen LogP contribution in [0, 0.1) is 20.6 Å². The molecule has 0 radical (unpaired) electrons. The Kier molecular flexibility index (Phi) is 11.2. The fraction of sp³-hybridized carbons (Fsp3) is 0.889. The lowest BCUT2D eigenvalue weighted by molar-refractivity contribution is -0.136. The van der Waals surface area contributed by atoms with Crippen molar-refractivity contribution in [2.45, 2.75) is 89.4 Å². The van der Waals surface area contributed by atoms with Crippen LogP contribution >= 0.6 is 0 Å². The van der Waals surface area contributed by atoms with E-state index in [4.69, 9.17) is 4.74 Å². The Hall–Kier alpha value is -2.10. The van der Waals surface area contributed by atoms with E-state index in [1.165, 1.54) is 19.3 Å². The lowest BCUT2D eigenvalue weighted by Gasteiger charge is -2.34. The first-order valence-electron chi connectivity index (χ1n) is 9.87. The largest absolute Gasteiger partial charge is 0.363 e. The topological polar surface area (TPSA) is 144 Å². The lowest BCUT2D eigenvalue weighted by Crippen LogP contribution is -2.59. The number of hydrogen-bond donors (Lipinski definition) is 1. The molecule has 1 heterocycles. The number of ether oxygens (including phenoxy) is 1. The maximum atomic E-state index is 12.1. The SMILES string of the molecule is CC(C)CCCCCCCCC(=O)NC1COC(C(=O)N=O)C(N=O)C1N=O. The fourth-order valence-electron chi connectivity index (χ4n) is 3.30. The predicted molar refractivity (Wildman–Crippen MR) is 103 cm³/mol. The van der Waals surface area contributed by atoms with E-state index in [9.17, 15) is 24.3 Å². The molecular weight excluding hydrogens is 368 g/mol. The molecule has 4 unspecified atom stereocenters. The van der Waals surface area contributed by atoms with Crippen molar-refractivity contribution < 1.29 is 14.3 Å². The Balaban J connectivity index is 2.35. The van der Waals surface area contributed by atoms with Gasteiger partial charge >= 0.3 is 5.91 Å². The third-order valence-electron chi connectivity index (χ3n) is 4.89. The fourth-order valence-corrected chi connectivity index (χ4v) is 3.30. The highest BCUT2D eigenvalue weighted by molar-refractivity contribution is 5.82. The minimum Gasteiger partial charge on any atom is -0.363 e. The van der Waals surface area contributed by atoms with Crippen LogP contribution in [0.15, 0.2) is 15.5 Å². The molecule has 0 spiro atoms. The summed E-state index contributed by atoms with van der Waals surface area (Å²) in [6.07, 6.45) is 6.28. The quantitative estimate of drug-likeness (QED) is 0.372.